The maximum absolute atomic E-state index is 6.07. The Morgan fingerprint density at radius 3 is 1.95 bits per heavy atom. The summed E-state index contributed by atoms with van der Waals surface area (Å²) < 4.78 is 12.1. The zero-order valence-electron chi connectivity index (χ0n) is 14.2. The highest BCUT2D eigenvalue weighted by molar-refractivity contribution is 6.62. The number of nitrogens with one attached hydrogen (secondary N) is 1. The van der Waals surface area contributed by atoms with E-state index in [2.05, 4.69) is 49.8 Å². The number of benzene rings is 1. The summed E-state index contributed by atoms with van der Waals surface area (Å²) in [7, 11) is -0.320. The van der Waals surface area contributed by atoms with Gasteiger partial charge in [-0.05, 0) is 47.0 Å². The lowest BCUT2D eigenvalue weighted by molar-refractivity contribution is 0.00578. The molecule has 1 fully saturated rings. The Morgan fingerprint density at radius 1 is 0.955 bits per heavy atom. The highest BCUT2D eigenvalue weighted by Crippen LogP contribution is 2.36. The van der Waals surface area contributed by atoms with Gasteiger partial charge >= 0.3 is 7.12 Å². The van der Waals surface area contributed by atoms with Crippen LogP contribution in [-0.2, 0) is 9.31 Å². The zero-order valence-corrected chi connectivity index (χ0v) is 14.2. The lowest BCUT2D eigenvalue weighted by Crippen LogP contribution is -2.41. The Balaban J connectivity index is 1.84. The SMILES string of the molecule is Cc1nc(-c2ccc(B3OC(C)(C)C(C)(C)O3)cc2)[nH]c1C. The van der Waals surface area contributed by atoms with E-state index >= 15 is 0 Å². The van der Waals surface area contributed by atoms with Gasteiger partial charge in [-0.2, -0.15) is 0 Å². The summed E-state index contributed by atoms with van der Waals surface area (Å²) in [6.07, 6.45) is 0. The van der Waals surface area contributed by atoms with Crippen molar-refractivity contribution < 1.29 is 9.31 Å². The van der Waals surface area contributed by atoms with E-state index < -0.39 is 0 Å². The molecule has 2 heterocycles. The van der Waals surface area contributed by atoms with Crippen LogP contribution in [0.15, 0.2) is 24.3 Å². The van der Waals surface area contributed by atoms with E-state index in [0.29, 0.717) is 0 Å². The maximum atomic E-state index is 6.07. The van der Waals surface area contributed by atoms with Gasteiger partial charge in [-0.3, -0.25) is 0 Å². The average Bonchev–Trinajstić information content (AvgIpc) is 2.87. The van der Waals surface area contributed by atoms with E-state index in [1.165, 1.54) is 0 Å². The van der Waals surface area contributed by atoms with Crippen molar-refractivity contribution >= 4 is 12.6 Å². The van der Waals surface area contributed by atoms with Crippen molar-refractivity contribution in [1.29, 1.82) is 0 Å². The smallest absolute Gasteiger partial charge is 0.399 e. The van der Waals surface area contributed by atoms with E-state index in [4.69, 9.17) is 9.31 Å². The van der Waals surface area contributed by atoms with E-state index in [9.17, 15) is 0 Å². The highest BCUT2D eigenvalue weighted by Gasteiger charge is 2.51. The fourth-order valence-electron chi connectivity index (χ4n) is 2.46. The third-order valence-electron chi connectivity index (χ3n) is 4.84. The normalized spacial score (nSPS) is 19.6. The molecule has 1 N–H and O–H groups in total. The quantitative estimate of drug-likeness (QED) is 0.867. The van der Waals surface area contributed by atoms with Crippen molar-refractivity contribution in [2.75, 3.05) is 0 Å². The van der Waals surface area contributed by atoms with Crippen molar-refractivity contribution in [2.24, 2.45) is 0 Å². The van der Waals surface area contributed by atoms with Crippen LogP contribution in [0, 0.1) is 13.8 Å². The predicted octanol–water partition coefficient (Wildman–Crippen LogP) is 2.99. The topological polar surface area (TPSA) is 47.1 Å². The van der Waals surface area contributed by atoms with Gasteiger partial charge in [0.05, 0.1) is 16.9 Å². The molecule has 0 atom stereocenters. The fourth-order valence-corrected chi connectivity index (χ4v) is 2.46. The zero-order chi connectivity index (χ0) is 16.1. The molecule has 0 amide bonds. The lowest BCUT2D eigenvalue weighted by atomic mass is 9.79. The molecule has 0 unspecified atom stereocenters. The molecule has 0 spiro atoms. The number of hydrogen-bond acceptors (Lipinski definition) is 3. The number of hydrogen-bond donors (Lipinski definition) is 1. The minimum atomic E-state index is -0.320. The number of rotatable bonds is 2. The average molecular weight is 298 g/mol. The minimum absolute atomic E-state index is 0.314. The first-order chi connectivity index (χ1) is 10.2. The van der Waals surface area contributed by atoms with Crippen LogP contribution in [0.25, 0.3) is 11.4 Å². The highest BCUT2D eigenvalue weighted by atomic mass is 16.7. The van der Waals surface area contributed by atoms with Gasteiger partial charge in [0, 0.05) is 11.3 Å². The van der Waals surface area contributed by atoms with Crippen LogP contribution in [0.1, 0.15) is 39.1 Å². The number of aromatic amines is 1. The summed E-state index contributed by atoms with van der Waals surface area (Å²) >= 11 is 0. The van der Waals surface area contributed by atoms with Crippen molar-refractivity contribution in [3.8, 4) is 11.4 Å². The molecule has 4 nitrogen and oxygen atoms in total. The first kappa shape index (κ1) is 15.3. The van der Waals surface area contributed by atoms with Gasteiger partial charge in [0.15, 0.2) is 0 Å². The van der Waals surface area contributed by atoms with Gasteiger partial charge in [-0.15, -0.1) is 0 Å². The van der Waals surface area contributed by atoms with Gasteiger partial charge in [0.1, 0.15) is 5.82 Å². The molecule has 116 valence electrons. The van der Waals surface area contributed by atoms with Crippen molar-refractivity contribution in [3.63, 3.8) is 0 Å². The van der Waals surface area contributed by atoms with Crippen LogP contribution in [0.2, 0.25) is 0 Å². The minimum Gasteiger partial charge on any atom is -0.399 e. The Morgan fingerprint density at radius 2 is 1.50 bits per heavy atom. The fraction of sp³-hybridized carbons (Fsp3) is 0.471. The molecule has 0 radical (unpaired) electrons. The van der Waals surface area contributed by atoms with Gasteiger partial charge in [-0.1, -0.05) is 24.3 Å². The Labute approximate surface area is 132 Å². The molecule has 1 aromatic heterocycles. The van der Waals surface area contributed by atoms with Crippen LogP contribution < -0.4 is 5.46 Å². The van der Waals surface area contributed by atoms with Crippen LogP contribution in [-0.4, -0.2) is 28.3 Å². The molecule has 1 aliphatic heterocycles. The molecule has 22 heavy (non-hydrogen) atoms. The van der Waals surface area contributed by atoms with E-state index in [1.807, 2.05) is 26.0 Å². The Kier molecular flexibility index (Phi) is 3.46. The van der Waals surface area contributed by atoms with E-state index in [1.54, 1.807) is 0 Å². The second kappa shape index (κ2) is 4.96. The van der Waals surface area contributed by atoms with Crippen LogP contribution in [0.4, 0.5) is 0 Å². The summed E-state index contributed by atoms with van der Waals surface area (Å²) in [6, 6.07) is 8.20. The second-order valence-corrected chi connectivity index (χ2v) is 7.01. The van der Waals surface area contributed by atoms with E-state index in [-0.39, 0.29) is 18.3 Å². The van der Waals surface area contributed by atoms with Crippen LogP contribution >= 0.6 is 0 Å². The molecule has 2 aromatic rings. The number of H-pyrrole nitrogens is 1. The number of aromatic nitrogens is 2. The third-order valence-corrected chi connectivity index (χ3v) is 4.84. The standard InChI is InChI=1S/C17H23BN2O2/c1-11-12(2)20-15(19-11)13-7-9-14(10-8-13)18-21-16(3,4)17(5,6)22-18/h7-10H,1-6H3,(H,19,20). The second-order valence-electron chi connectivity index (χ2n) is 7.01. The molecular weight excluding hydrogens is 275 g/mol. The monoisotopic (exact) mass is 298 g/mol. The summed E-state index contributed by atoms with van der Waals surface area (Å²) in [6.45, 7) is 12.3. The molecule has 0 saturated carbocycles. The molecule has 1 aliphatic rings. The summed E-state index contributed by atoms with van der Waals surface area (Å²) in [4.78, 5) is 7.84. The predicted molar refractivity (Wildman–Crippen MR) is 89.2 cm³/mol. The van der Waals surface area contributed by atoms with Crippen LogP contribution in [0.5, 0.6) is 0 Å². The molecule has 0 aliphatic carbocycles. The molecular formula is C17H23BN2O2. The largest absolute Gasteiger partial charge is 0.494 e. The van der Waals surface area contributed by atoms with Gasteiger partial charge in [0.25, 0.3) is 0 Å². The van der Waals surface area contributed by atoms with Crippen molar-refractivity contribution in [3.05, 3.63) is 35.7 Å². The first-order valence-corrected chi connectivity index (χ1v) is 7.69. The number of nitrogens with zero attached hydrogens (tertiary/aromatic N) is 1. The molecule has 3 rings (SSSR count). The Hall–Kier alpha value is -1.59. The molecule has 1 saturated heterocycles. The first-order valence-electron chi connectivity index (χ1n) is 7.69. The third kappa shape index (κ3) is 2.48. The van der Waals surface area contributed by atoms with Crippen molar-refractivity contribution in [2.45, 2.75) is 52.7 Å². The number of imidazole rings is 1. The maximum Gasteiger partial charge on any atom is 0.494 e. The van der Waals surface area contributed by atoms with E-state index in [0.717, 1.165) is 28.2 Å². The van der Waals surface area contributed by atoms with Gasteiger partial charge in [-0.25, -0.2) is 4.98 Å². The molecule has 5 heteroatoms. The van der Waals surface area contributed by atoms with Crippen molar-refractivity contribution in [1.82, 2.24) is 9.97 Å². The van der Waals surface area contributed by atoms with Gasteiger partial charge < -0.3 is 14.3 Å². The Bertz CT molecular complexity index is 654. The van der Waals surface area contributed by atoms with Crippen LogP contribution in [0.3, 0.4) is 0 Å². The lowest BCUT2D eigenvalue weighted by Gasteiger charge is -2.32. The molecule has 1 aromatic carbocycles. The summed E-state index contributed by atoms with van der Waals surface area (Å²) in [5, 5.41) is 0. The van der Waals surface area contributed by atoms with Gasteiger partial charge in [0.2, 0.25) is 0 Å². The summed E-state index contributed by atoms with van der Waals surface area (Å²) in [5.41, 5.74) is 3.60. The molecule has 0 bridgehead atoms. The number of aryl methyl sites for hydroxylation is 2. The summed E-state index contributed by atoms with van der Waals surface area (Å²) in [5.74, 6) is 0.899.